The summed E-state index contributed by atoms with van der Waals surface area (Å²) in [5.41, 5.74) is 0.303. The van der Waals surface area contributed by atoms with Crippen LogP contribution in [0.15, 0.2) is 0 Å². The zero-order valence-electron chi connectivity index (χ0n) is 11.2. The number of nitrogens with one attached hydrogen (secondary N) is 1. The maximum atomic E-state index is 5.98. The van der Waals surface area contributed by atoms with Crippen molar-refractivity contribution in [3.05, 3.63) is 0 Å². The van der Waals surface area contributed by atoms with Crippen LogP contribution in [0.5, 0.6) is 0 Å². The number of hydrogen-bond donors (Lipinski definition) is 1. The van der Waals surface area contributed by atoms with Gasteiger partial charge in [0.25, 0.3) is 0 Å². The Kier molecular flexibility index (Phi) is 3.45. The molecule has 0 aromatic carbocycles. The minimum absolute atomic E-state index is 0.303. The van der Waals surface area contributed by atoms with E-state index in [1.165, 1.54) is 57.9 Å². The molecule has 2 aliphatic carbocycles. The lowest BCUT2D eigenvalue weighted by atomic mass is 9.74. The summed E-state index contributed by atoms with van der Waals surface area (Å²) in [5.74, 6) is 1.88. The molecule has 2 heteroatoms. The first-order valence-corrected chi connectivity index (χ1v) is 7.65. The Morgan fingerprint density at radius 3 is 2.71 bits per heavy atom. The molecule has 3 fully saturated rings. The van der Waals surface area contributed by atoms with Gasteiger partial charge in [0.15, 0.2) is 0 Å². The summed E-state index contributed by atoms with van der Waals surface area (Å²) in [4.78, 5) is 0. The monoisotopic (exact) mass is 237 g/mol. The molecule has 17 heavy (non-hydrogen) atoms. The number of rotatable bonds is 3. The summed E-state index contributed by atoms with van der Waals surface area (Å²) in [6.07, 6.45) is 10.8. The SMILES string of the molecule is CC1CCCC1CNC1CCOC2(CCC2)C1. The van der Waals surface area contributed by atoms with Gasteiger partial charge in [-0.25, -0.2) is 0 Å². The Labute approximate surface area is 105 Å². The van der Waals surface area contributed by atoms with Crippen LogP contribution in [0, 0.1) is 11.8 Å². The lowest BCUT2D eigenvalue weighted by Gasteiger charge is -2.47. The van der Waals surface area contributed by atoms with Crippen molar-refractivity contribution >= 4 is 0 Å². The van der Waals surface area contributed by atoms with Gasteiger partial charge in [-0.3, -0.25) is 0 Å². The van der Waals surface area contributed by atoms with E-state index in [4.69, 9.17) is 4.74 Å². The van der Waals surface area contributed by atoms with Crippen molar-refractivity contribution in [3.8, 4) is 0 Å². The van der Waals surface area contributed by atoms with Gasteiger partial charge >= 0.3 is 0 Å². The molecular weight excluding hydrogens is 210 g/mol. The van der Waals surface area contributed by atoms with Crippen molar-refractivity contribution < 1.29 is 4.74 Å². The fourth-order valence-electron chi connectivity index (χ4n) is 3.97. The summed E-state index contributed by atoms with van der Waals surface area (Å²) < 4.78 is 5.98. The predicted molar refractivity (Wildman–Crippen MR) is 70.1 cm³/mol. The zero-order chi connectivity index (χ0) is 11.7. The first-order valence-electron chi connectivity index (χ1n) is 7.65. The van der Waals surface area contributed by atoms with E-state index < -0.39 is 0 Å². The third-order valence-electron chi connectivity index (χ3n) is 5.47. The molecule has 0 bridgehead atoms. The van der Waals surface area contributed by atoms with Gasteiger partial charge < -0.3 is 10.1 Å². The summed E-state index contributed by atoms with van der Waals surface area (Å²) in [6, 6.07) is 0.733. The summed E-state index contributed by atoms with van der Waals surface area (Å²) in [7, 11) is 0. The third kappa shape index (κ3) is 2.53. The van der Waals surface area contributed by atoms with Gasteiger partial charge in [0, 0.05) is 12.6 Å². The molecule has 2 saturated carbocycles. The molecule has 1 saturated heterocycles. The van der Waals surface area contributed by atoms with E-state index in [2.05, 4.69) is 12.2 Å². The molecule has 0 radical (unpaired) electrons. The molecule has 2 nitrogen and oxygen atoms in total. The molecule has 3 unspecified atom stereocenters. The average molecular weight is 237 g/mol. The molecule has 3 rings (SSSR count). The number of hydrogen-bond acceptors (Lipinski definition) is 2. The van der Waals surface area contributed by atoms with Crippen LogP contribution in [0.1, 0.15) is 58.3 Å². The number of ether oxygens (including phenoxy) is 1. The smallest absolute Gasteiger partial charge is 0.0697 e. The normalized spacial score (nSPS) is 40.4. The van der Waals surface area contributed by atoms with E-state index in [-0.39, 0.29) is 0 Å². The van der Waals surface area contributed by atoms with Crippen LogP contribution >= 0.6 is 0 Å². The van der Waals surface area contributed by atoms with Gasteiger partial charge in [-0.15, -0.1) is 0 Å². The van der Waals surface area contributed by atoms with Crippen molar-refractivity contribution in [2.24, 2.45) is 11.8 Å². The van der Waals surface area contributed by atoms with Gasteiger partial charge in [0.05, 0.1) is 5.60 Å². The predicted octanol–water partition coefficient (Wildman–Crippen LogP) is 3.11. The third-order valence-corrected chi connectivity index (χ3v) is 5.47. The minimum atomic E-state index is 0.303. The van der Waals surface area contributed by atoms with E-state index in [1.54, 1.807) is 0 Å². The fraction of sp³-hybridized carbons (Fsp3) is 1.00. The van der Waals surface area contributed by atoms with Crippen molar-refractivity contribution in [3.63, 3.8) is 0 Å². The molecule has 1 N–H and O–H groups in total. The van der Waals surface area contributed by atoms with Crippen LogP contribution in [-0.2, 0) is 4.74 Å². The van der Waals surface area contributed by atoms with Crippen molar-refractivity contribution in [1.82, 2.24) is 5.32 Å². The molecule has 98 valence electrons. The van der Waals surface area contributed by atoms with E-state index in [9.17, 15) is 0 Å². The largest absolute Gasteiger partial charge is 0.375 e. The summed E-state index contributed by atoms with van der Waals surface area (Å²) in [6.45, 7) is 4.66. The van der Waals surface area contributed by atoms with Gasteiger partial charge in [-0.05, 0) is 56.9 Å². The Bertz CT molecular complexity index is 262. The van der Waals surface area contributed by atoms with Crippen LogP contribution < -0.4 is 5.32 Å². The van der Waals surface area contributed by atoms with Crippen LogP contribution in [0.2, 0.25) is 0 Å². The van der Waals surface area contributed by atoms with E-state index >= 15 is 0 Å². The molecule has 1 spiro atoms. The lowest BCUT2D eigenvalue weighted by molar-refractivity contribution is -0.135. The van der Waals surface area contributed by atoms with Crippen molar-refractivity contribution in [2.45, 2.75) is 69.9 Å². The lowest BCUT2D eigenvalue weighted by Crippen LogP contribution is -2.51. The second-order valence-corrected chi connectivity index (χ2v) is 6.65. The summed E-state index contributed by atoms with van der Waals surface area (Å²) >= 11 is 0. The Morgan fingerprint density at radius 1 is 1.18 bits per heavy atom. The quantitative estimate of drug-likeness (QED) is 0.814. The Morgan fingerprint density at radius 2 is 2.06 bits per heavy atom. The standard InChI is InChI=1S/C15H27NO/c1-12-4-2-5-13(12)11-16-14-6-9-17-15(10-14)7-3-8-15/h12-14,16H,2-11H2,1H3. The first-order chi connectivity index (χ1) is 8.27. The maximum absolute atomic E-state index is 5.98. The molecule has 1 aliphatic heterocycles. The van der Waals surface area contributed by atoms with Crippen LogP contribution in [0.3, 0.4) is 0 Å². The fourth-order valence-corrected chi connectivity index (χ4v) is 3.97. The Hall–Kier alpha value is -0.0800. The van der Waals surface area contributed by atoms with Gasteiger partial charge in [-0.2, -0.15) is 0 Å². The molecule has 3 atom stereocenters. The van der Waals surface area contributed by atoms with Crippen LogP contribution in [0.25, 0.3) is 0 Å². The van der Waals surface area contributed by atoms with E-state index in [0.717, 1.165) is 24.5 Å². The zero-order valence-corrected chi connectivity index (χ0v) is 11.2. The highest BCUT2D eigenvalue weighted by atomic mass is 16.5. The topological polar surface area (TPSA) is 21.3 Å². The molecular formula is C15H27NO. The van der Waals surface area contributed by atoms with Crippen LogP contribution in [0.4, 0.5) is 0 Å². The van der Waals surface area contributed by atoms with Crippen LogP contribution in [-0.4, -0.2) is 24.8 Å². The van der Waals surface area contributed by atoms with Gasteiger partial charge in [0.2, 0.25) is 0 Å². The second kappa shape index (κ2) is 4.89. The van der Waals surface area contributed by atoms with E-state index in [0.29, 0.717) is 5.60 Å². The highest BCUT2D eigenvalue weighted by Gasteiger charge is 2.42. The van der Waals surface area contributed by atoms with Gasteiger partial charge in [-0.1, -0.05) is 19.8 Å². The molecule has 0 aromatic heterocycles. The molecule has 0 aromatic rings. The van der Waals surface area contributed by atoms with Crippen molar-refractivity contribution in [1.29, 1.82) is 0 Å². The Balaban J connectivity index is 1.45. The van der Waals surface area contributed by atoms with E-state index in [1.807, 2.05) is 0 Å². The first kappa shape index (κ1) is 12.0. The summed E-state index contributed by atoms with van der Waals surface area (Å²) in [5, 5.41) is 3.84. The molecule has 3 aliphatic rings. The maximum Gasteiger partial charge on any atom is 0.0697 e. The highest BCUT2D eigenvalue weighted by molar-refractivity contribution is 4.96. The molecule has 1 heterocycles. The average Bonchev–Trinajstić information content (AvgIpc) is 2.71. The minimum Gasteiger partial charge on any atom is -0.375 e. The highest BCUT2D eigenvalue weighted by Crippen LogP contribution is 2.42. The van der Waals surface area contributed by atoms with Gasteiger partial charge in [0.1, 0.15) is 0 Å². The molecule has 0 amide bonds. The second-order valence-electron chi connectivity index (χ2n) is 6.65. The van der Waals surface area contributed by atoms with Crippen molar-refractivity contribution in [2.75, 3.05) is 13.2 Å².